The molecular formula is C15H21NO5. The molecule has 0 aromatic heterocycles. The minimum absolute atomic E-state index is 0.00601. The Labute approximate surface area is 124 Å². The van der Waals surface area contributed by atoms with Gasteiger partial charge in [0.05, 0.1) is 33.9 Å². The van der Waals surface area contributed by atoms with Crippen LogP contribution in [0.4, 0.5) is 0 Å². The molecular weight excluding hydrogens is 274 g/mol. The number of esters is 2. The average Bonchev–Trinajstić information content (AvgIpc) is 2.49. The second-order valence-corrected chi connectivity index (χ2v) is 4.34. The summed E-state index contributed by atoms with van der Waals surface area (Å²) in [6.45, 7) is 2.85. The molecule has 116 valence electrons. The molecule has 0 fully saturated rings. The van der Waals surface area contributed by atoms with E-state index in [9.17, 15) is 9.59 Å². The van der Waals surface area contributed by atoms with Gasteiger partial charge in [0, 0.05) is 12.1 Å². The van der Waals surface area contributed by atoms with Gasteiger partial charge < -0.3 is 14.2 Å². The molecule has 0 bridgehead atoms. The molecule has 1 rings (SSSR count). The largest absolute Gasteiger partial charge is 0.494 e. The van der Waals surface area contributed by atoms with E-state index in [1.165, 1.54) is 14.2 Å². The van der Waals surface area contributed by atoms with Gasteiger partial charge in [-0.15, -0.1) is 0 Å². The maximum absolute atomic E-state index is 11.4. The lowest BCUT2D eigenvalue weighted by Gasteiger charge is -2.21. The SMILES string of the molecule is CCOc1ccccc1CN(CC(=O)OC)CC(=O)OC. The van der Waals surface area contributed by atoms with Gasteiger partial charge in [-0.2, -0.15) is 0 Å². The lowest BCUT2D eigenvalue weighted by Crippen LogP contribution is -2.35. The molecule has 6 heteroatoms. The highest BCUT2D eigenvalue weighted by Crippen LogP contribution is 2.19. The number of nitrogens with zero attached hydrogens (tertiary/aromatic N) is 1. The summed E-state index contributed by atoms with van der Waals surface area (Å²) in [7, 11) is 2.62. The van der Waals surface area contributed by atoms with E-state index >= 15 is 0 Å². The summed E-state index contributed by atoms with van der Waals surface area (Å²) in [6, 6.07) is 7.51. The highest BCUT2D eigenvalue weighted by molar-refractivity contribution is 5.74. The molecule has 0 saturated heterocycles. The molecule has 0 amide bonds. The monoisotopic (exact) mass is 295 g/mol. The van der Waals surface area contributed by atoms with Crippen LogP contribution in [-0.2, 0) is 25.6 Å². The Morgan fingerprint density at radius 3 is 2.14 bits per heavy atom. The first-order chi connectivity index (χ1) is 10.1. The first-order valence-corrected chi connectivity index (χ1v) is 6.67. The lowest BCUT2D eigenvalue weighted by atomic mass is 10.2. The van der Waals surface area contributed by atoms with E-state index in [2.05, 4.69) is 9.47 Å². The number of carbonyl (C=O) groups is 2. The van der Waals surface area contributed by atoms with Crippen LogP contribution in [0.15, 0.2) is 24.3 Å². The molecule has 0 spiro atoms. The highest BCUT2D eigenvalue weighted by atomic mass is 16.5. The first-order valence-electron chi connectivity index (χ1n) is 6.67. The highest BCUT2D eigenvalue weighted by Gasteiger charge is 2.17. The molecule has 0 radical (unpaired) electrons. The summed E-state index contributed by atoms with van der Waals surface area (Å²) in [5.74, 6) is -0.0830. The number of ether oxygens (including phenoxy) is 3. The fourth-order valence-corrected chi connectivity index (χ4v) is 1.83. The second kappa shape index (κ2) is 8.97. The van der Waals surface area contributed by atoms with Crippen molar-refractivity contribution in [3.05, 3.63) is 29.8 Å². The minimum atomic E-state index is -0.409. The van der Waals surface area contributed by atoms with E-state index in [4.69, 9.17) is 4.74 Å². The van der Waals surface area contributed by atoms with E-state index in [0.717, 1.165) is 11.3 Å². The van der Waals surface area contributed by atoms with Crippen molar-refractivity contribution < 1.29 is 23.8 Å². The summed E-state index contributed by atoms with van der Waals surface area (Å²) in [5, 5.41) is 0. The van der Waals surface area contributed by atoms with E-state index in [1.807, 2.05) is 31.2 Å². The van der Waals surface area contributed by atoms with Crippen LogP contribution in [0.25, 0.3) is 0 Å². The Morgan fingerprint density at radius 1 is 1.05 bits per heavy atom. The Hall–Kier alpha value is -2.08. The van der Waals surface area contributed by atoms with Crippen molar-refractivity contribution in [2.75, 3.05) is 33.9 Å². The van der Waals surface area contributed by atoms with Gasteiger partial charge in [0.15, 0.2) is 0 Å². The number of benzene rings is 1. The van der Waals surface area contributed by atoms with Crippen LogP contribution in [0.1, 0.15) is 12.5 Å². The van der Waals surface area contributed by atoms with E-state index in [0.29, 0.717) is 13.2 Å². The smallest absolute Gasteiger partial charge is 0.319 e. The second-order valence-electron chi connectivity index (χ2n) is 4.34. The van der Waals surface area contributed by atoms with Gasteiger partial charge in [-0.3, -0.25) is 14.5 Å². The van der Waals surface area contributed by atoms with Crippen LogP contribution in [0, 0.1) is 0 Å². The third kappa shape index (κ3) is 5.83. The molecule has 0 saturated carbocycles. The third-order valence-corrected chi connectivity index (χ3v) is 2.83. The molecule has 0 unspecified atom stereocenters. The number of hydrogen-bond acceptors (Lipinski definition) is 6. The number of para-hydroxylation sites is 1. The molecule has 0 N–H and O–H groups in total. The molecule has 0 aliphatic heterocycles. The summed E-state index contributed by atoms with van der Waals surface area (Å²) in [6.07, 6.45) is 0. The third-order valence-electron chi connectivity index (χ3n) is 2.83. The zero-order chi connectivity index (χ0) is 15.7. The molecule has 0 aliphatic rings. The number of hydrogen-bond donors (Lipinski definition) is 0. The standard InChI is InChI=1S/C15H21NO5/c1-4-21-13-8-6-5-7-12(13)9-16(10-14(17)19-2)11-15(18)20-3/h5-8H,4,9-11H2,1-3H3. The van der Waals surface area contributed by atoms with Crippen molar-refractivity contribution >= 4 is 11.9 Å². The summed E-state index contributed by atoms with van der Waals surface area (Å²) >= 11 is 0. The fraction of sp³-hybridized carbons (Fsp3) is 0.467. The Kier molecular flexibility index (Phi) is 7.25. The fourth-order valence-electron chi connectivity index (χ4n) is 1.83. The molecule has 21 heavy (non-hydrogen) atoms. The zero-order valence-corrected chi connectivity index (χ0v) is 12.6. The number of carbonyl (C=O) groups excluding carboxylic acids is 2. The Morgan fingerprint density at radius 2 is 1.62 bits per heavy atom. The van der Waals surface area contributed by atoms with Crippen molar-refractivity contribution in [3.8, 4) is 5.75 Å². The quantitative estimate of drug-likeness (QED) is 0.672. The van der Waals surface area contributed by atoms with Gasteiger partial charge in [-0.1, -0.05) is 18.2 Å². The summed E-state index contributed by atoms with van der Waals surface area (Å²) < 4.78 is 14.8. The predicted octanol–water partition coefficient (Wildman–Crippen LogP) is 1.23. The van der Waals surface area contributed by atoms with Crippen molar-refractivity contribution in [2.24, 2.45) is 0 Å². The van der Waals surface area contributed by atoms with E-state index in [-0.39, 0.29) is 13.1 Å². The van der Waals surface area contributed by atoms with Gasteiger partial charge in [0.1, 0.15) is 5.75 Å². The number of methoxy groups -OCH3 is 2. The van der Waals surface area contributed by atoms with Gasteiger partial charge >= 0.3 is 11.9 Å². The maximum atomic E-state index is 11.4. The van der Waals surface area contributed by atoms with E-state index < -0.39 is 11.9 Å². The average molecular weight is 295 g/mol. The van der Waals surface area contributed by atoms with Crippen LogP contribution in [0.3, 0.4) is 0 Å². The maximum Gasteiger partial charge on any atom is 0.319 e. The van der Waals surface area contributed by atoms with E-state index in [1.54, 1.807) is 4.90 Å². The Balaban J connectivity index is 2.84. The topological polar surface area (TPSA) is 65.1 Å². The molecule has 0 atom stereocenters. The van der Waals surface area contributed by atoms with Gasteiger partial charge in [0.25, 0.3) is 0 Å². The van der Waals surface area contributed by atoms with Gasteiger partial charge in [-0.05, 0) is 13.0 Å². The molecule has 1 aromatic carbocycles. The van der Waals surface area contributed by atoms with Crippen molar-refractivity contribution in [2.45, 2.75) is 13.5 Å². The van der Waals surface area contributed by atoms with Crippen LogP contribution < -0.4 is 4.74 Å². The predicted molar refractivity (Wildman–Crippen MR) is 76.9 cm³/mol. The molecule has 0 aliphatic carbocycles. The van der Waals surface area contributed by atoms with Crippen LogP contribution in [-0.4, -0.2) is 50.8 Å². The molecule has 6 nitrogen and oxygen atoms in total. The van der Waals surface area contributed by atoms with Crippen LogP contribution in [0.5, 0.6) is 5.75 Å². The first kappa shape index (κ1) is 17.0. The molecule has 1 aromatic rings. The molecule has 0 heterocycles. The van der Waals surface area contributed by atoms with Crippen LogP contribution >= 0.6 is 0 Å². The van der Waals surface area contributed by atoms with Crippen molar-refractivity contribution in [1.29, 1.82) is 0 Å². The zero-order valence-electron chi connectivity index (χ0n) is 12.6. The Bertz CT molecular complexity index is 457. The van der Waals surface area contributed by atoms with Gasteiger partial charge in [-0.25, -0.2) is 0 Å². The van der Waals surface area contributed by atoms with Gasteiger partial charge in [0.2, 0.25) is 0 Å². The number of rotatable bonds is 8. The normalized spacial score (nSPS) is 10.3. The summed E-state index contributed by atoms with van der Waals surface area (Å²) in [4.78, 5) is 24.5. The van der Waals surface area contributed by atoms with Crippen molar-refractivity contribution in [1.82, 2.24) is 4.90 Å². The van der Waals surface area contributed by atoms with Crippen molar-refractivity contribution in [3.63, 3.8) is 0 Å². The summed E-state index contributed by atoms with van der Waals surface area (Å²) in [5.41, 5.74) is 0.896. The van der Waals surface area contributed by atoms with Crippen LogP contribution in [0.2, 0.25) is 0 Å². The lowest BCUT2D eigenvalue weighted by molar-refractivity contribution is -0.145. The minimum Gasteiger partial charge on any atom is -0.494 e.